The van der Waals surface area contributed by atoms with Crippen molar-refractivity contribution in [1.29, 1.82) is 0 Å². The molecule has 0 fully saturated rings. The van der Waals surface area contributed by atoms with E-state index in [0.29, 0.717) is 0 Å². The molecule has 0 bridgehead atoms. The zero-order valence-corrected chi connectivity index (χ0v) is 29.3. The average Bonchev–Trinajstić information content (AvgIpc) is 3.44. The Bertz CT molecular complexity index is 2790. The predicted molar refractivity (Wildman–Crippen MR) is 222 cm³/mol. The van der Waals surface area contributed by atoms with Crippen LogP contribution < -0.4 is 4.90 Å². The molecule has 0 radical (unpaired) electrons. The molecular weight excluding hydrogens is 627 g/mol. The molecule has 1 aliphatic rings. The molecule has 9 aromatic rings. The highest BCUT2D eigenvalue weighted by molar-refractivity contribution is 6.17. The van der Waals surface area contributed by atoms with Crippen molar-refractivity contribution in [3.8, 4) is 33.4 Å². The van der Waals surface area contributed by atoms with E-state index in [1.54, 1.807) is 0 Å². The summed E-state index contributed by atoms with van der Waals surface area (Å²) in [6, 6.07) is 69.2. The van der Waals surface area contributed by atoms with E-state index in [0.717, 1.165) is 17.1 Å². The number of benzene rings is 9. The fraction of sp³-hybridized carbons (Fsp3) is 0.0588. The minimum Gasteiger partial charge on any atom is -0.310 e. The Hall–Kier alpha value is -6.44. The van der Waals surface area contributed by atoms with Gasteiger partial charge in [0.05, 0.1) is 0 Å². The number of rotatable bonds is 5. The van der Waals surface area contributed by atoms with Crippen LogP contribution in [0.3, 0.4) is 0 Å². The second-order valence-electron chi connectivity index (χ2n) is 14.6. The second-order valence-corrected chi connectivity index (χ2v) is 14.6. The topological polar surface area (TPSA) is 3.24 Å². The third-order valence-electron chi connectivity index (χ3n) is 11.3. The van der Waals surface area contributed by atoms with Crippen LogP contribution in [0.4, 0.5) is 17.1 Å². The molecule has 246 valence electrons. The molecule has 1 aliphatic carbocycles. The van der Waals surface area contributed by atoms with Gasteiger partial charge in [0.2, 0.25) is 0 Å². The van der Waals surface area contributed by atoms with Gasteiger partial charge < -0.3 is 4.90 Å². The molecule has 0 unspecified atom stereocenters. The van der Waals surface area contributed by atoms with E-state index in [9.17, 15) is 0 Å². The van der Waals surface area contributed by atoms with Gasteiger partial charge >= 0.3 is 0 Å². The zero-order chi connectivity index (χ0) is 34.8. The molecule has 0 heterocycles. The van der Waals surface area contributed by atoms with Gasteiger partial charge in [0, 0.05) is 22.5 Å². The monoisotopic (exact) mass is 663 g/mol. The maximum Gasteiger partial charge on any atom is 0.0468 e. The van der Waals surface area contributed by atoms with Gasteiger partial charge in [-0.1, -0.05) is 159 Å². The molecule has 0 saturated carbocycles. The highest BCUT2D eigenvalue weighted by Gasteiger charge is 2.35. The molecule has 0 N–H and O–H groups in total. The first-order chi connectivity index (χ1) is 25.5. The number of hydrogen-bond donors (Lipinski definition) is 0. The molecule has 1 nitrogen and oxygen atoms in total. The Labute approximate surface area is 305 Å². The number of anilines is 3. The van der Waals surface area contributed by atoms with Gasteiger partial charge in [-0.05, 0) is 119 Å². The Morgan fingerprint density at radius 3 is 1.60 bits per heavy atom. The molecule has 0 aliphatic heterocycles. The summed E-state index contributed by atoms with van der Waals surface area (Å²) in [5, 5.41) is 7.71. The zero-order valence-electron chi connectivity index (χ0n) is 29.3. The average molecular weight is 664 g/mol. The van der Waals surface area contributed by atoms with Crippen LogP contribution in [0.25, 0.3) is 65.7 Å². The lowest BCUT2D eigenvalue weighted by Gasteiger charge is -2.27. The molecule has 0 atom stereocenters. The summed E-state index contributed by atoms with van der Waals surface area (Å²) >= 11 is 0. The molecule has 10 rings (SSSR count). The highest BCUT2D eigenvalue weighted by Crippen LogP contribution is 2.50. The number of fused-ring (bicyclic) bond motifs is 8. The van der Waals surface area contributed by atoms with Gasteiger partial charge in [-0.15, -0.1) is 0 Å². The third-order valence-corrected chi connectivity index (χ3v) is 11.3. The summed E-state index contributed by atoms with van der Waals surface area (Å²) in [6.45, 7) is 4.68. The van der Waals surface area contributed by atoms with Crippen molar-refractivity contribution < 1.29 is 0 Å². The summed E-state index contributed by atoms with van der Waals surface area (Å²) in [7, 11) is 0. The highest BCUT2D eigenvalue weighted by atomic mass is 15.1. The van der Waals surface area contributed by atoms with Crippen LogP contribution in [0, 0.1) is 0 Å². The Balaban J connectivity index is 1.08. The lowest BCUT2D eigenvalue weighted by Crippen LogP contribution is -2.15. The molecule has 0 spiro atoms. The molecule has 9 aromatic carbocycles. The quantitative estimate of drug-likeness (QED) is 0.166. The molecule has 1 heteroatoms. The van der Waals surface area contributed by atoms with Crippen molar-refractivity contribution >= 4 is 49.4 Å². The van der Waals surface area contributed by atoms with Crippen LogP contribution in [-0.4, -0.2) is 0 Å². The van der Waals surface area contributed by atoms with E-state index in [1.807, 2.05) is 0 Å². The van der Waals surface area contributed by atoms with Gasteiger partial charge in [0.1, 0.15) is 0 Å². The van der Waals surface area contributed by atoms with E-state index < -0.39 is 0 Å². The first-order valence-corrected chi connectivity index (χ1v) is 18.2. The van der Waals surface area contributed by atoms with Crippen LogP contribution in [0.1, 0.15) is 25.0 Å². The van der Waals surface area contributed by atoms with Crippen LogP contribution >= 0.6 is 0 Å². The van der Waals surface area contributed by atoms with Gasteiger partial charge in [0.25, 0.3) is 0 Å². The van der Waals surface area contributed by atoms with Crippen LogP contribution in [0.15, 0.2) is 188 Å². The minimum atomic E-state index is -0.0352. The summed E-state index contributed by atoms with van der Waals surface area (Å²) < 4.78 is 0. The first kappa shape index (κ1) is 30.4. The summed E-state index contributed by atoms with van der Waals surface area (Å²) in [4.78, 5) is 2.39. The van der Waals surface area contributed by atoms with Crippen molar-refractivity contribution in [3.63, 3.8) is 0 Å². The minimum absolute atomic E-state index is 0.0352. The van der Waals surface area contributed by atoms with Crippen molar-refractivity contribution in [3.05, 3.63) is 199 Å². The maximum absolute atomic E-state index is 2.39. The van der Waals surface area contributed by atoms with Crippen molar-refractivity contribution in [2.24, 2.45) is 0 Å². The summed E-state index contributed by atoms with van der Waals surface area (Å²) in [5.74, 6) is 0. The van der Waals surface area contributed by atoms with E-state index in [2.05, 4.69) is 207 Å². The SMILES string of the molecule is CC1(C)c2ccccc2-c2cc(N(c3ccc(-c4ccccc4)cc3)c3ccc(-c4ccc5ccc6c7ccccc7ccc6c5c4)cc3)ccc21. The molecule has 0 saturated heterocycles. The largest absolute Gasteiger partial charge is 0.310 e. The van der Waals surface area contributed by atoms with Crippen LogP contribution in [0.5, 0.6) is 0 Å². The molecule has 0 amide bonds. The molecule has 0 aromatic heterocycles. The van der Waals surface area contributed by atoms with Crippen molar-refractivity contribution in [2.75, 3.05) is 4.90 Å². The molecule has 52 heavy (non-hydrogen) atoms. The smallest absolute Gasteiger partial charge is 0.0468 e. The van der Waals surface area contributed by atoms with Crippen molar-refractivity contribution in [1.82, 2.24) is 0 Å². The fourth-order valence-electron chi connectivity index (χ4n) is 8.53. The van der Waals surface area contributed by atoms with E-state index in [4.69, 9.17) is 0 Å². The van der Waals surface area contributed by atoms with Gasteiger partial charge in [-0.3, -0.25) is 0 Å². The summed E-state index contributed by atoms with van der Waals surface area (Å²) in [6.07, 6.45) is 0. The molecular formula is C51H37N. The van der Waals surface area contributed by atoms with Crippen LogP contribution in [-0.2, 0) is 5.41 Å². The standard InChI is InChI=1S/C51H37N/c1-51(2)49-15-9-8-14-46(49)48-33-42(28-31-50(48)51)52(40-24-18-35(19-25-40)34-10-4-3-5-11-34)41-26-20-36(21-27-41)39-17-16-38-23-29-44-43-13-7-6-12-37(43)22-30-45(44)47(38)32-39/h3-33H,1-2H3. The third kappa shape index (κ3) is 4.85. The lowest BCUT2D eigenvalue weighted by atomic mass is 9.82. The van der Waals surface area contributed by atoms with Gasteiger partial charge in [-0.25, -0.2) is 0 Å². The van der Waals surface area contributed by atoms with Gasteiger partial charge in [0.15, 0.2) is 0 Å². The van der Waals surface area contributed by atoms with E-state index in [-0.39, 0.29) is 5.41 Å². The first-order valence-electron chi connectivity index (χ1n) is 18.2. The number of nitrogens with zero attached hydrogens (tertiary/aromatic N) is 1. The lowest BCUT2D eigenvalue weighted by molar-refractivity contribution is 0.660. The normalized spacial score (nSPS) is 13.0. The fourth-order valence-corrected chi connectivity index (χ4v) is 8.53. The Morgan fingerprint density at radius 1 is 0.327 bits per heavy atom. The Kier molecular flexibility index (Phi) is 6.91. The second kappa shape index (κ2) is 11.8. The van der Waals surface area contributed by atoms with Crippen LogP contribution in [0.2, 0.25) is 0 Å². The van der Waals surface area contributed by atoms with E-state index >= 15 is 0 Å². The summed E-state index contributed by atoms with van der Waals surface area (Å²) in [5.41, 5.74) is 13.6. The maximum atomic E-state index is 2.39. The van der Waals surface area contributed by atoms with Crippen molar-refractivity contribution in [2.45, 2.75) is 19.3 Å². The number of hydrogen-bond acceptors (Lipinski definition) is 1. The Morgan fingerprint density at radius 2 is 0.846 bits per heavy atom. The van der Waals surface area contributed by atoms with E-state index in [1.165, 1.54) is 76.8 Å². The van der Waals surface area contributed by atoms with Gasteiger partial charge in [-0.2, -0.15) is 0 Å². The predicted octanol–water partition coefficient (Wildman–Crippen LogP) is 14.3.